The molecular formula is C13H18F2N4O2. The maximum atomic E-state index is 13.5. The summed E-state index contributed by atoms with van der Waals surface area (Å²) in [6.07, 6.45) is 0. The second-order valence-electron chi connectivity index (χ2n) is 4.45. The summed E-state index contributed by atoms with van der Waals surface area (Å²) in [5.41, 5.74) is -0.410. The average Bonchev–Trinajstić information content (AvgIpc) is 2.42. The van der Waals surface area contributed by atoms with E-state index in [2.05, 4.69) is 16.0 Å². The first-order valence-corrected chi connectivity index (χ1v) is 6.27. The first kappa shape index (κ1) is 16.7. The Morgan fingerprint density at radius 1 is 1.10 bits per heavy atom. The largest absolute Gasteiger partial charge is 0.383 e. The van der Waals surface area contributed by atoms with Crippen molar-refractivity contribution in [2.75, 3.05) is 39.5 Å². The van der Waals surface area contributed by atoms with E-state index in [-0.39, 0.29) is 30.4 Å². The van der Waals surface area contributed by atoms with E-state index >= 15 is 0 Å². The van der Waals surface area contributed by atoms with E-state index in [0.29, 0.717) is 0 Å². The van der Waals surface area contributed by atoms with Crippen LogP contribution < -0.4 is 16.0 Å². The molecule has 0 aliphatic carbocycles. The summed E-state index contributed by atoms with van der Waals surface area (Å²) in [6.45, 7) is 0.359. The molecule has 3 amide bonds. The number of carbonyl (C=O) groups excluding carboxylic acids is 2. The summed E-state index contributed by atoms with van der Waals surface area (Å²) in [6, 6.07) is 1.60. The number of hydrogen-bond acceptors (Lipinski definition) is 3. The molecular weight excluding hydrogens is 282 g/mol. The average molecular weight is 300 g/mol. The molecule has 116 valence electrons. The zero-order chi connectivity index (χ0) is 16.0. The second-order valence-corrected chi connectivity index (χ2v) is 4.45. The number of hydrogen-bond donors (Lipinski definition) is 3. The number of nitrogens with zero attached hydrogens (tertiary/aromatic N) is 1. The van der Waals surface area contributed by atoms with Crippen LogP contribution in [-0.4, -0.2) is 51.1 Å². The normalized spacial score (nSPS) is 9.95. The van der Waals surface area contributed by atoms with Crippen LogP contribution in [0.2, 0.25) is 0 Å². The quantitative estimate of drug-likeness (QED) is 0.711. The minimum atomic E-state index is -0.844. The van der Waals surface area contributed by atoms with Crippen molar-refractivity contribution in [2.24, 2.45) is 0 Å². The van der Waals surface area contributed by atoms with Gasteiger partial charge in [0.1, 0.15) is 17.3 Å². The summed E-state index contributed by atoms with van der Waals surface area (Å²) in [5, 5.41) is 7.37. The Morgan fingerprint density at radius 3 is 2.10 bits per heavy atom. The van der Waals surface area contributed by atoms with Gasteiger partial charge >= 0.3 is 6.03 Å². The van der Waals surface area contributed by atoms with Crippen molar-refractivity contribution in [3.63, 3.8) is 0 Å². The van der Waals surface area contributed by atoms with Gasteiger partial charge in [0.25, 0.3) is 5.91 Å². The van der Waals surface area contributed by atoms with Crippen molar-refractivity contribution in [1.82, 2.24) is 15.5 Å². The van der Waals surface area contributed by atoms with Crippen LogP contribution >= 0.6 is 0 Å². The van der Waals surface area contributed by atoms with E-state index in [4.69, 9.17) is 0 Å². The van der Waals surface area contributed by atoms with Crippen molar-refractivity contribution in [1.29, 1.82) is 0 Å². The van der Waals surface area contributed by atoms with E-state index in [1.165, 1.54) is 11.9 Å². The minimum Gasteiger partial charge on any atom is -0.383 e. The molecule has 1 aromatic rings. The zero-order valence-corrected chi connectivity index (χ0v) is 12.1. The van der Waals surface area contributed by atoms with Gasteiger partial charge in [0.2, 0.25) is 0 Å². The summed E-state index contributed by atoms with van der Waals surface area (Å²) in [5.74, 6) is -2.30. The van der Waals surface area contributed by atoms with Crippen molar-refractivity contribution in [2.45, 2.75) is 0 Å². The van der Waals surface area contributed by atoms with E-state index in [1.54, 1.807) is 14.1 Å². The SMILES string of the molecule is CNc1c(F)cc(C(=O)NCCNC(=O)N(C)C)cc1F. The van der Waals surface area contributed by atoms with E-state index < -0.39 is 17.5 Å². The molecule has 0 atom stereocenters. The van der Waals surface area contributed by atoms with Crippen LogP contribution in [0.5, 0.6) is 0 Å². The fourth-order valence-electron chi connectivity index (χ4n) is 1.55. The monoisotopic (exact) mass is 300 g/mol. The second kappa shape index (κ2) is 7.41. The molecule has 3 N–H and O–H groups in total. The Kier molecular flexibility index (Phi) is 5.89. The number of anilines is 1. The van der Waals surface area contributed by atoms with E-state index in [0.717, 1.165) is 12.1 Å². The van der Waals surface area contributed by atoms with Gasteiger partial charge < -0.3 is 20.9 Å². The topological polar surface area (TPSA) is 73.5 Å². The third kappa shape index (κ3) is 4.59. The lowest BCUT2D eigenvalue weighted by molar-refractivity contribution is 0.0952. The molecule has 0 aliphatic rings. The van der Waals surface area contributed by atoms with Gasteiger partial charge in [-0.1, -0.05) is 0 Å². The van der Waals surface area contributed by atoms with Gasteiger partial charge in [-0.2, -0.15) is 0 Å². The fourth-order valence-corrected chi connectivity index (χ4v) is 1.55. The number of urea groups is 1. The Morgan fingerprint density at radius 2 is 1.62 bits per heavy atom. The third-order valence-corrected chi connectivity index (χ3v) is 2.65. The number of nitrogens with one attached hydrogen (secondary N) is 3. The van der Waals surface area contributed by atoms with Gasteiger partial charge in [-0.25, -0.2) is 13.6 Å². The van der Waals surface area contributed by atoms with Gasteiger partial charge in [0.15, 0.2) is 0 Å². The Labute approximate surface area is 121 Å². The predicted molar refractivity (Wildman–Crippen MR) is 75.3 cm³/mol. The first-order chi connectivity index (χ1) is 9.86. The summed E-state index contributed by atoms with van der Waals surface area (Å²) < 4.78 is 27.0. The highest BCUT2D eigenvalue weighted by atomic mass is 19.1. The van der Waals surface area contributed by atoms with Crippen LogP contribution in [-0.2, 0) is 0 Å². The van der Waals surface area contributed by atoms with Crippen LogP contribution in [0, 0.1) is 11.6 Å². The molecule has 0 saturated carbocycles. The minimum absolute atomic E-state index is 0.122. The Hall–Kier alpha value is -2.38. The highest BCUT2D eigenvalue weighted by Gasteiger charge is 2.14. The van der Waals surface area contributed by atoms with Crippen molar-refractivity contribution in [3.05, 3.63) is 29.3 Å². The lowest BCUT2D eigenvalue weighted by Crippen LogP contribution is -2.39. The maximum absolute atomic E-state index is 13.5. The lowest BCUT2D eigenvalue weighted by Gasteiger charge is -2.12. The molecule has 1 aromatic carbocycles. The summed E-state index contributed by atoms with van der Waals surface area (Å²) >= 11 is 0. The standard InChI is InChI=1S/C13H18F2N4O2/c1-16-11-9(14)6-8(7-10(11)15)12(20)17-4-5-18-13(21)19(2)3/h6-7,16H,4-5H2,1-3H3,(H,17,20)(H,18,21). The fraction of sp³-hybridized carbons (Fsp3) is 0.385. The number of benzene rings is 1. The lowest BCUT2D eigenvalue weighted by atomic mass is 10.1. The Bertz CT molecular complexity index is 512. The first-order valence-electron chi connectivity index (χ1n) is 6.27. The van der Waals surface area contributed by atoms with Crippen molar-refractivity contribution >= 4 is 17.6 Å². The molecule has 21 heavy (non-hydrogen) atoms. The summed E-state index contributed by atoms with van der Waals surface area (Å²) in [4.78, 5) is 24.3. The molecule has 0 unspecified atom stereocenters. The van der Waals surface area contributed by atoms with Crippen LogP contribution in [0.4, 0.5) is 19.3 Å². The Balaban J connectivity index is 2.55. The van der Waals surface area contributed by atoms with Gasteiger partial charge in [-0.15, -0.1) is 0 Å². The molecule has 0 spiro atoms. The molecule has 0 fully saturated rings. The highest BCUT2D eigenvalue weighted by Crippen LogP contribution is 2.19. The number of carbonyl (C=O) groups is 2. The predicted octanol–water partition coefficient (Wildman–Crippen LogP) is 1.01. The van der Waals surface area contributed by atoms with Crippen LogP contribution in [0.15, 0.2) is 12.1 Å². The van der Waals surface area contributed by atoms with Crippen LogP contribution in [0.1, 0.15) is 10.4 Å². The van der Waals surface area contributed by atoms with Gasteiger partial charge in [-0.05, 0) is 12.1 Å². The molecule has 0 bridgehead atoms. The molecule has 1 rings (SSSR count). The smallest absolute Gasteiger partial charge is 0.316 e. The van der Waals surface area contributed by atoms with Crippen LogP contribution in [0.25, 0.3) is 0 Å². The molecule has 0 radical (unpaired) electrons. The number of rotatable bonds is 5. The maximum Gasteiger partial charge on any atom is 0.316 e. The molecule has 0 saturated heterocycles. The summed E-state index contributed by atoms with van der Waals surface area (Å²) in [7, 11) is 4.56. The third-order valence-electron chi connectivity index (χ3n) is 2.65. The molecule has 0 heterocycles. The number of amides is 3. The van der Waals surface area contributed by atoms with Gasteiger partial charge in [0, 0.05) is 39.8 Å². The van der Waals surface area contributed by atoms with Gasteiger partial charge in [-0.3, -0.25) is 4.79 Å². The zero-order valence-electron chi connectivity index (χ0n) is 12.1. The molecule has 6 nitrogen and oxygen atoms in total. The number of halogens is 2. The van der Waals surface area contributed by atoms with Crippen LogP contribution in [0.3, 0.4) is 0 Å². The van der Waals surface area contributed by atoms with E-state index in [9.17, 15) is 18.4 Å². The van der Waals surface area contributed by atoms with E-state index in [1.807, 2.05) is 0 Å². The molecule has 0 aromatic heterocycles. The molecule has 8 heteroatoms. The van der Waals surface area contributed by atoms with Gasteiger partial charge in [0.05, 0.1) is 0 Å². The van der Waals surface area contributed by atoms with Crippen molar-refractivity contribution < 1.29 is 18.4 Å². The molecule has 0 aliphatic heterocycles. The van der Waals surface area contributed by atoms with Crippen molar-refractivity contribution in [3.8, 4) is 0 Å². The highest BCUT2D eigenvalue weighted by molar-refractivity contribution is 5.94.